The zero-order valence-corrected chi connectivity index (χ0v) is 19.6. The number of rotatable bonds is 3. The van der Waals surface area contributed by atoms with Crippen LogP contribution in [0.15, 0.2) is 24.4 Å². The molecule has 2 amide bonds. The predicted octanol–water partition coefficient (Wildman–Crippen LogP) is 3.35. The molecule has 4 rings (SSSR count). The third-order valence-corrected chi connectivity index (χ3v) is 6.62. The first-order chi connectivity index (χ1) is 16.4. The quantitative estimate of drug-likeness (QED) is 0.509. The van der Waals surface area contributed by atoms with E-state index in [1.807, 2.05) is 0 Å². The number of aromatic nitrogens is 1. The second-order valence-electron chi connectivity index (χ2n) is 8.65. The number of carbonyl (C=O) groups is 2. The van der Waals surface area contributed by atoms with Crippen molar-refractivity contribution >= 4 is 34.8 Å². The molecule has 2 aromatic rings. The van der Waals surface area contributed by atoms with Crippen LogP contribution in [-0.4, -0.2) is 45.4 Å². The van der Waals surface area contributed by atoms with Gasteiger partial charge in [-0.2, -0.15) is 18.4 Å². The van der Waals surface area contributed by atoms with Gasteiger partial charge in [-0.1, -0.05) is 0 Å². The molecule has 12 heteroatoms. The maximum absolute atomic E-state index is 14.6. The summed E-state index contributed by atoms with van der Waals surface area (Å²) in [6.07, 6.45) is -3.74. The van der Waals surface area contributed by atoms with Crippen LogP contribution in [-0.2, 0) is 23.8 Å². The van der Waals surface area contributed by atoms with E-state index in [0.717, 1.165) is 11.1 Å². The Morgan fingerprint density at radius 3 is 2.43 bits per heavy atom. The van der Waals surface area contributed by atoms with Crippen LogP contribution in [0.3, 0.4) is 0 Å². The molecular weight excluding hydrogens is 486 g/mol. The van der Waals surface area contributed by atoms with Gasteiger partial charge in [0, 0.05) is 25.9 Å². The van der Waals surface area contributed by atoms with Crippen molar-refractivity contribution in [3.63, 3.8) is 0 Å². The average molecular weight is 505 g/mol. The molecule has 0 bridgehead atoms. The molecule has 1 aromatic heterocycles. The van der Waals surface area contributed by atoms with Gasteiger partial charge in [-0.15, -0.1) is 0 Å². The highest BCUT2D eigenvalue weighted by atomic mass is 32.1. The number of alkyl halides is 3. The normalized spacial score (nSPS) is 19.5. The minimum atomic E-state index is -4.87. The highest BCUT2D eigenvalue weighted by molar-refractivity contribution is 7.80. The predicted molar refractivity (Wildman–Crippen MR) is 121 cm³/mol. The van der Waals surface area contributed by atoms with Gasteiger partial charge in [0.1, 0.15) is 17.4 Å². The third kappa shape index (κ3) is 3.70. The Morgan fingerprint density at radius 1 is 1.26 bits per heavy atom. The van der Waals surface area contributed by atoms with E-state index in [1.54, 1.807) is 18.7 Å². The number of thiocarbonyl (C=S) groups is 1. The van der Waals surface area contributed by atoms with Gasteiger partial charge in [-0.3, -0.25) is 14.5 Å². The summed E-state index contributed by atoms with van der Waals surface area (Å²) in [5, 5.41) is 11.4. The molecule has 35 heavy (non-hydrogen) atoms. The Morgan fingerprint density at radius 2 is 1.89 bits per heavy atom. The van der Waals surface area contributed by atoms with Crippen LogP contribution in [0.1, 0.15) is 46.6 Å². The molecule has 1 N–H and O–H groups in total. The van der Waals surface area contributed by atoms with Crippen molar-refractivity contribution in [1.29, 1.82) is 5.26 Å². The van der Waals surface area contributed by atoms with Gasteiger partial charge < -0.3 is 10.2 Å². The molecule has 2 heterocycles. The zero-order valence-electron chi connectivity index (χ0n) is 18.8. The largest absolute Gasteiger partial charge is 0.419 e. The third-order valence-electron chi connectivity index (χ3n) is 6.25. The number of hydrogen-bond acceptors (Lipinski definition) is 5. The topological polar surface area (TPSA) is 89.3 Å². The van der Waals surface area contributed by atoms with Gasteiger partial charge in [-0.05, 0) is 55.4 Å². The summed E-state index contributed by atoms with van der Waals surface area (Å²) in [6, 6.07) is 4.35. The van der Waals surface area contributed by atoms with Gasteiger partial charge in [0.15, 0.2) is 10.8 Å². The Bertz CT molecular complexity index is 1320. The maximum Gasteiger partial charge on any atom is 0.419 e. The van der Waals surface area contributed by atoms with Crippen molar-refractivity contribution in [2.24, 2.45) is 0 Å². The van der Waals surface area contributed by atoms with Crippen molar-refractivity contribution in [1.82, 2.24) is 15.2 Å². The number of hydrogen-bond donors (Lipinski definition) is 1. The number of nitrogens with zero attached hydrogens (tertiary/aromatic N) is 4. The molecule has 2 aliphatic rings. The van der Waals surface area contributed by atoms with Crippen LogP contribution >= 0.6 is 12.2 Å². The number of fused-ring (bicyclic) bond motifs is 1. The summed E-state index contributed by atoms with van der Waals surface area (Å²) in [5.74, 6) is -1.95. The van der Waals surface area contributed by atoms with E-state index in [4.69, 9.17) is 17.5 Å². The van der Waals surface area contributed by atoms with Gasteiger partial charge >= 0.3 is 6.18 Å². The summed E-state index contributed by atoms with van der Waals surface area (Å²) in [6.45, 7) is 3.56. The fraction of sp³-hybridized carbons (Fsp3) is 0.348. The molecule has 1 aromatic carbocycles. The first-order valence-corrected chi connectivity index (χ1v) is 10.9. The average Bonchev–Trinajstić information content (AvgIpc) is 3.25. The molecule has 1 aliphatic carbocycles. The van der Waals surface area contributed by atoms with Gasteiger partial charge in [-0.25, -0.2) is 9.37 Å². The minimum absolute atomic E-state index is 0.0237. The summed E-state index contributed by atoms with van der Waals surface area (Å²) >= 11 is 5.55. The lowest BCUT2D eigenvalue weighted by Gasteiger charge is -2.36. The van der Waals surface area contributed by atoms with Crippen LogP contribution in [0, 0.1) is 17.1 Å². The Balaban J connectivity index is 1.82. The lowest BCUT2D eigenvalue weighted by atomic mass is 9.92. The maximum atomic E-state index is 14.6. The molecule has 7 nitrogen and oxygen atoms in total. The first-order valence-electron chi connectivity index (χ1n) is 10.5. The van der Waals surface area contributed by atoms with Crippen LogP contribution in [0.5, 0.6) is 0 Å². The molecule has 1 atom stereocenters. The van der Waals surface area contributed by atoms with Crippen molar-refractivity contribution < 1.29 is 27.2 Å². The van der Waals surface area contributed by atoms with E-state index in [-0.39, 0.29) is 35.2 Å². The second kappa shape index (κ2) is 8.27. The number of anilines is 1. The van der Waals surface area contributed by atoms with Crippen LogP contribution < -0.4 is 10.2 Å². The Labute approximate surface area is 203 Å². The molecule has 1 fully saturated rings. The standard InChI is InChI=1S/C23H19F4N5O2S/c1-11(2)32-21(35)31(14-6-16(23(25,26)27)18(9-28)30-10-14)20(34)22(32)7-12-4-15(19(33)29-3)17(24)5-13(12)8-22/h4-6,10-11H,7-8H2,1-3H3,(H,29,33). The second-order valence-corrected chi connectivity index (χ2v) is 9.02. The van der Waals surface area contributed by atoms with Crippen LogP contribution in [0.4, 0.5) is 23.2 Å². The number of nitrogens with one attached hydrogen (secondary N) is 1. The molecule has 1 saturated heterocycles. The SMILES string of the molecule is CNC(=O)c1cc2c(cc1F)CC1(C2)C(=O)N(c2cnc(C#N)c(C(F)(F)F)c2)C(=S)N1C(C)C. The van der Waals surface area contributed by atoms with Crippen molar-refractivity contribution in [2.75, 3.05) is 11.9 Å². The lowest BCUT2D eigenvalue weighted by molar-refractivity contribution is -0.138. The van der Waals surface area contributed by atoms with Gasteiger partial charge in [0.25, 0.3) is 11.8 Å². The van der Waals surface area contributed by atoms with Gasteiger partial charge in [0.2, 0.25) is 0 Å². The molecule has 1 spiro atoms. The van der Waals surface area contributed by atoms with Gasteiger partial charge in [0.05, 0.1) is 23.0 Å². The van der Waals surface area contributed by atoms with Crippen molar-refractivity contribution in [2.45, 2.75) is 44.4 Å². The summed E-state index contributed by atoms with van der Waals surface area (Å²) in [7, 11) is 1.37. The molecular formula is C23H19F4N5O2S. The first kappa shape index (κ1) is 24.5. The molecule has 182 valence electrons. The minimum Gasteiger partial charge on any atom is -0.355 e. The van der Waals surface area contributed by atoms with Crippen molar-refractivity contribution in [3.8, 4) is 6.07 Å². The van der Waals surface area contributed by atoms with E-state index in [0.29, 0.717) is 17.2 Å². The van der Waals surface area contributed by atoms with Crippen molar-refractivity contribution in [3.05, 3.63) is 58.2 Å². The van der Waals surface area contributed by atoms with Crippen LogP contribution in [0.25, 0.3) is 0 Å². The van der Waals surface area contributed by atoms with E-state index >= 15 is 0 Å². The van der Waals surface area contributed by atoms with E-state index in [9.17, 15) is 27.2 Å². The molecule has 1 unspecified atom stereocenters. The van der Waals surface area contributed by atoms with E-state index in [1.165, 1.54) is 25.2 Å². The zero-order chi connectivity index (χ0) is 25.9. The summed E-state index contributed by atoms with van der Waals surface area (Å²) in [4.78, 5) is 32.1. The van der Waals surface area contributed by atoms with Crippen LogP contribution in [0.2, 0.25) is 0 Å². The fourth-order valence-corrected chi connectivity index (χ4v) is 5.40. The number of benzene rings is 1. The monoisotopic (exact) mass is 505 g/mol. The number of pyridine rings is 1. The molecule has 1 aliphatic heterocycles. The Kier molecular flexibility index (Phi) is 5.79. The summed E-state index contributed by atoms with van der Waals surface area (Å²) < 4.78 is 55.2. The number of carbonyl (C=O) groups excluding carboxylic acids is 2. The number of amides is 2. The fourth-order valence-electron chi connectivity index (χ4n) is 4.82. The summed E-state index contributed by atoms with van der Waals surface area (Å²) in [5.41, 5.74) is -2.72. The number of nitriles is 1. The Hall–Kier alpha value is -3.59. The highest BCUT2D eigenvalue weighted by Gasteiger charge is 2.59. The number of halogens is 4. The van der Waals surface area contributed by atoms with E-state index in [2.05, 4.69) is 10.3 Å². The smallest absolute Gasteiger partial charge is 0.355 e. The van der Waals surface area contributed by atoms with E-state index < -0.39 is 40.6 Å². The highest BCUT2D eigenvalue weighted by Crippen LogP contribution is 2.45. The molecule has 0 saturated carbocycles. The molecule has 0 radical (unpaired) electrons. The lowest BCUT2D eigenvalue weighted by Crippen LogP contribution is -2.53.